The topological polar surface area (TPSA) is 79.1 Å². The van der Waals surface area contributed by atoms with E-state index in [-0.39, 0.29) is 6.42 Å². The Morgan fingerprint density at radius 2 is 2.24 bits per heavy atom. The molecule has 90 valence electrons. The molecule has 2 N–H and O–H groups in total. The van der Waals surface area contributed by atoms with E-state index in [4.69, 9.17) is 15.1 Å². The molecule has 0 bridgehead atoms. The molecule has 1 atom stereocenters. The zero-order valence-corrected chi connectivity index (χ0v) is 9.38. The molecule has 0 saturated heterocycles. The van der Waals surface area contributed by atoms with Crippen LogP contribution >= 0.6 is 0 Å². The van der Waals surface area contributed by atoms with E-state index in [1.807, 2.05) is 0 Å². The molecule has 0 spiro atoms. The Balaban J connectivity index is 2.44. The normalized spacial score (nSPS) is 21.0. The average molecular weight is 235 g/mol. The largest absolute Gasteiger partial charge is 0.497 e. The Morgan fingerprint density at radius 3 is 2.82 bits per heavy atom. The number of oxime groups is 1. The molecule has 2 rings (SSSR count). The first kappa shape index (κ1) is 11.4. The molecule has 0 amide bonds. The Labute approximate surface area is 98.3 Å². The van der Waals surface area contributed by atoms with Crippen LogP contribution in [0.2, 0.25) is 0 Å². The Bertz CT molecular complexity index is 481. The Morgan fingerprint density at radius 1 is 1.47 bits per heavy atom. The maximum Gasteiger partial charge on any atom is 0.307 e. The summed E-state index contributed by atoms with van der Waals surface area (Å²) in [6.45, 7) is 0. The maximum absolute atomic E-state index is 11.0. The van der Waals surface area contributed by atoms with Crippen molar-refractivity contribution in [2.24, 2.45) is 11.1 Å². The summed E-state index contributed by atoms with van der Waals surface area (Å²) in [6.07, 6.45) is 0.687. The van der Waals surface area contributed by atoms with E-state index in [2.05, 4.69) is 5.16 Å². The van der Waals surface area contributed by atoms with Gasteiger partial charge in [0.25, 0.3) is 0 Å². The molecule has 1 aliphatic carbocycles. The van der Waals surface area contributed by atoms with Gasteiger partial charge in [-0.3, -0.25) is 4.79 Å². The zero-order chi connectivity index (χ0) is 12.4. The number of carboxylic acid groups (broad SMARTS) is 1. The summed E-state index contributed by atoms with van der Waals surface area (Å²) in [5, 5.41) is 21.2. The minimum absolute atomic E-state index is 0.255. The van der Waals surface area contributed by atoms with E-state index in [9.17, 15) is 4.79 Å². The summed E-state index contributed by atoms with van der Waals surface area (Å²) < 4.78 is 5.10. The van der Waals surface area contributed by atoms with Gasteiger partial charge in [-0.25, -0.2) is 0 Å². The van der Waals surface area contributed by atoms with Gasteiger partial charge < -0.3 is 15.1 Å². The minimum atomic E-state index is -0.875. The van der Waals surface area contributed by atoms with Gasteiger partial charge in [0, 0.05) is 12.0 Å². The number of rotatable bonds is 2. The van der Waals surface area contributed by atoms with Gasteiger partial charge in [-0.15, -0.1) is 0 Å². The first-order valence-electron chi connectivity index (χ1n) is 5.26. The average Bonchev–Trinajstić information content (AvgIpc) is 2.36. The number of carbonyl (C=O) groups is 1. The summed E-state index contributed by atoms with van der Waals surface area (Å²) in [5.74, 6) is -0.743. The first-order chi connectivity index (χ1) is 8.15. The summed E-state index contributed by atoms with van der Waals surface area (Å²) in [6, 6.07) is 5.35. The van der Waals surface area contributed by atoms with Crippen molar-refractivity contribution in [2.75, 3.05) is 7.11 Å². The van der Waals surface area contributed by atoms with Crippen LogP contribution in [-0.2, 0) is 11.2 Å². The molecule has 1 aliphatic rings. The quantitative estimate of drug-likeness (QED) is 0.601. The maximum atomic E-state index is 11.0. The van der Waals surface area contributed by atoms with Crippen molar-refractivity contribution in [3.63, 3.8) is 0 Å². The van der Waals surface area contributed by atoms with Crippen LogP contribution in [0, 0.1) is 5.92 Å². The predicted octanol–water partition coefficient (Wildman–Crippen LogP) is 1.52. The minimum Gasteiger partial charge on any atom is -0.497 e. The third kappa shape index (κ3) is 2.08. The van der Waals surface area contributed by atoms with E-state index >= 15 is 0 Å². The molecule has 0 heterocycles. The number of ether oxygens (including phenoxy) is 1. The van der Waals surface area contributed by atoms with Crippen molar-refractivity contribution in [1.29, 1.82) is 0 Å². The fourth-order valence-corrected chi connectivity index (χ4v) is 2.10. The lowest BCUT2D eigenvalue weighted by atomic mass is 9.82. The van der Waals surface area contributed by atoms with E-state index in [1.165, 1.54) is 0 Å². The van der Waals surface area contributed by atoms with Crippen LogP contribution in [0.15, 0.2) is 23.4 Å². The fraction of sp³-hybridized carbons (Fsp3) is 0.333. The van der Waals surface area contributed by atoms with Gasteiger partial charge in [0.1, 0.15) is 5.75 Å². The highest BCUT2D eigenvalue weighted by Crippen LogP contribution is 2.29. The number of nitrogens with zero attached hydrogens (tertiary/aromatic N) is 1. The van der Waals surface area contributed by atoms with Gasteiger partial charge in [-0.05, 0) is 30.2 Å². The monoisotopic (exact) mass is 235 g/mol. The van der Waals surface area contributed by atoms with Crippen LogP contribution < -0.4 is 4.74 Å². The lowest BCUT2D eigenvalue weighted by molar-refractivity contribution is -0.141. The van der Waals surface area contributed by atoms with Gasteiger partial charge in [0.05, 0.1) is 18.7 Å². The van der Waals surface area contributed by atoms with Gasteiger partial charge in [0.15, 0.2) is 0 Å². The van der Waals surface area contributed by atoms with Crippen LogP contribution in [-0.4, -0.2) is 29.1 Å². The smallest absolute Gasteiger partial charge is 0.307 e. The molecule has 0 aliphatic heterocycles. The Kier molecular flexibility index (Phi) is 2.99. The fourth-order valence-electron chi connectivity index (χ4n) is 2.10. The Hall–Kier alpha value is -2.04. The van der Waals surface area contributed by atoms with E-state index in [0.29, 0.717) is 17.9 Å². The van der Waals surface area contributed by atoms with Crippen molar-refractivity contribution in [2.45, 2.75) is 12.8 Å². The van der Waals surface area contributed by atoms with Crippen LogP contribution in [0.25, 0.3) is 0 Å². The van der Waals surface area contributed by atoms with Gasteiger partial charge in [0.2, 0.25) is 0 Å². The molecular weight excluding hydrogens is 222 g/mol. The lowest BCUT2D eigenvalue weighted by Crippen LogP contribution is -2.26. The van der Waals surface area contributed by atoms with E-state index < -0.39 is 11.9 Å². The van der Waals surface area contributed by atoms with Crippen LogP contribution in [0.5, 0.6) is 5.75 Å². The molecule has 1 unspecified atom stereocenters. The molecule has 5 heteroatoms. The summed E-state index contributed by atoms with van der Waals surface area (Å²) in [7, 11) is 1.56. The number of carboxylic acids is 1. The molecule has 0 fully saturated rings. The number of benzene rings is 1. The van der Waals surface area contributed by atoms with Crippen LogP contribution in [0.4, 0.5) is 0 Å². The molecule has 17 heavy (non-hydrogen) atoms. The predicted molar refractivity (Wildman–Crippen MR) is 60.8 cm³/mol. The number of methoxy groups -OCH3 is 1. The lowest BCUT2D eigenvalue weighted by Gasteiger charge is -2.22. The zero-order valence-electron chi connectivity index (χ0n) is 9.38. The highest BCUT2D eigenvalue weighted by molar-refractivity contribution is 6.04. The second-order valence-corrected chi connectivity index (χ2v) is 4.01. The molecule has 0 saturated carbocycles. The number of aliphatic carboxylic acids is 1. The van der Waals surface area contributed by atoms with Crippen molar-refractivity contribution < 1.29 is 19.8 Å². The third-order valence-corrected chi connectivity index (χ3v) is 3.00. The third-order valence-electron chi connectivity index (χ3n) is 3.00. The van der Waals surface area contributed by atoms with Crippen LogP contribution in [0.1, 0.15) is 17.5 Å². The van der Waals surface area contributed by atoms with E-state index in [1.54, 1.807) is 25.3 Å². The van der Waals surface area contributed by atoms with Crippen LogP contribution in [0.3, 0.4) is 0 Å². The first-order valence-corrected chi connectivity index (χ1v) is 5.26. The van der Waals surface area contributed by atoms with Crippen molar-refractivity contribution in [1.82, 2.24) is 0 Å². The molecule has 1 aromatic carbocycles. The summed E-state index contributed by atoms with van der Waals surface area (Å²) >= 11 is 0. The van der Waals surface area contributed by atoms with Gasteiger partial charge in [-0.2, -0.15) is 0 Å². The standard InChI is InChI=1S/C12H13NO4/c1-17-9-2-3-10-7(5-9)4-8(12(14)15)6-11(10)13-16/h2-3,5,8,16H,4,6H2,1H3,(H,14,15)/b13-11-. The molecule has 1 aromatic rings. The van der Waals surface area contributed by atoms with E-state index in [0.717, 1.165) is 11.1 Å². The molecular formula is C12H13NO4. The molecule has 0 aromatic heterocycles. The highest BCUT2D eigenvalue weighted by atomic mass is 16.5. The summed E-state index contributed by atoms with van der Waals surface area (Å²) in [5.41, 5.74) is 2.06. The van der Waals surface area contributed by atoms with Gasteiger partial charge >= 0.3 is 5.97 Å². The number of fused-ring (bicyclic) bond motifs is 1. The molecule has 5 nitrogen and oxygen atoms in total. The second-order valence-electron chi connectivity index (χ2n) is 4.01. The number of hydrogen-bond acceptors (Lipinski definition) is 4. The highest BCUT2D eigenvalue weighted by Gasteiger charge is 2.29. The second kappa shape index (κ2) is 4.45. The number of hydrogen-bond donors (Lipinski definition) is 2. The molecule has 0 radical (unpaired) electrons. The van der Waals surface area contributed by atoms with Crippen molar-refractivity contribution in [3.8, 4) is 5.75 Å². The summed E-state index contributed by atoms with van der Waals surface area (Å²) in [4.78, 5) is 11.0. The van der Waals surface area contributed by atoms with Crippen molar-refractivity contribution >= 4 is 11.7 Å². The van der Waals surface area contributed by atoms with Crippen molar-refractivity contribution in [3.05, 3.63) is 29.3 Å². The van der Waals surface area contributed by atoms with Gasteiger partial charge in [-0.1, -0.05) is 5.16 Å². The SMILES string of the molecule is COc1ccc2c(c1)CC(C(=O)O)C/C2=N/O.